The Morgan fingerprint density at radius 2 is 2.06 bits per heavy atom. The lowest BCUT2D eigenvalue weighted by molar-refractivity contribution is -0.138. The highest BCUT2D eigenvalue weighted by atomic mass is 16.4. The Morgan fingerprint density at radius 1 is 1.28 bits per heavy atom. The van der Waals surface area contributed by atoms with Gasteiger partial charge in [0.05, 0.1) is 12.7 Å². The Hall–Kier alpha value is -2.38. The van der Waals surface area contributed by atoms with E-state index in [0.29, 0.717) is 13.1 Å². The van der Waals surface area contributed by atoms with E-state index in [1.165, 1.54) is 0 Å². The fourth-order valence-electron chi connectivity index (χ4n) is 1.17. The molecule has 0 atom stereocenters. The van der Waals surface area contributed by atoms with E-state index in [-0.39, 0.29) is 12.8 Å². The molecule has 0 aliphatic heterocycles. The van der Waals surface area contributed by atoms with Gasteiger partial charge in [-0.3, -0.25) is 14.9 Å². The molecule has 18 heavy (non-hydrogen) atoms. The highest BCUT2D eigenvalue weighted by molar-refractivity contribution is 5.95. The van der Waals surface area contributed by atoms with Crippen molar-refractivity contribution in [2.45, 2.75) is 19.4 Å². The maximum Gasteiger partial charge on any atom is 0.321 e. The van der Waals surface area contributed by atoms with Crippen LogP contribution in [0, 0.1) is 0 Å². The van der Waals surface area contributed by atoms with E-state index in [0.717, 1.165) is 0 Å². The molecule has 0 aromatic carbocycles. The van der Waals surface area contributed by atoms with E-state index >= 15 is 0 Å². The second kappa shape index (κ2) is 7.05. The number of carboxylic acids is 1. The normalized spacial score (nSPS) is 9.78. The van der Waals surface area contributed by atoms with Gasteiger partial charge in [0.15, 0.2) is 0 Å². The molecule has 0 aliphatic rings. The van der Waals surface area contributed by atoms with E-state index in [2.05, 4.69) is 10.3 Å². The Balaban J connectivity index is 2.13. The minimum Gasteiger partial charge on any atom is -0.481 e. The highest BCUT2D eigenvalue weighted by Gasteiger charge is 2.08. The zero-order chi connectivity index (χ0) is 13.4. The van der Waals surface area contributed by atoms with Crippen LogP contribution in [0.15, 0.2) is 18.7 Å². The lowest BCUT2D eigenvalue weighted by Crippen LogP contribution is -2.40. The van der Waals surface area contributed by atoms with Crippen molar-refractivity contribution in [1.82, 2.24) is 20.2 Å². The van der Waals surface area contributed by atoms with Gasteiger partial charge in [0.2, 0.25) is 5.91 Å². The average molecular weight is 254 g/mol. The average Bonchev–Trinajstić information content (AvgIpc) is 2.79. The molecule has 0 saturated heterocycles. The van der Waals surface area contributed by atoms with Crippen molar-refractivity contribution >= 4 is 17.9 Å². The van der Waals surface area contributed by atoms with E-state index in [9.17, 15) is 14.4 Å². The predicted octanol–water partition coefficient (Wildman–Crippen LogP) is -0.426. The molecule has 0 fully saturated rings. The second-order valence-electron chi connectivity index (χ2n) is 3.50. The van der Waals surface area contributed by atoms with E-state index in [4.69, 9.17) is 5.11 Å². The topological polar surface area (TPSA) is 113 Å². The third-order valence-corrected chi connectivity index (χ3v) is 2.03. The van der Waals surface area contributed by atoms with Crippen LogP contribution in [0.25, 0.3) is 0 Å². The predicted molar refractivity (Wildman–Crippen MR) is 60.6 cm³/mol. The summed E-state index contributed by atoms with van der Waals surface area (Å²) in [6.45, 7) is 0.880. The van der Waals surface area contributed by atoms with Gasteiger partial charge >= 0.3 is 12.0 Å². The minimum absolute atomic E-state index is 0.218. The molecular weight excluding hydrogens is 240 g/mol. The molecule has 0 spiro atoms. The zero-order valence-electron chi connectivity index (χ0n) is 9.63. The van der Waals surface area contributed by atoms with Crippen LogP contribution in [0.1, 0.15) is 12.8 Å². The lowest BCUT2D eigenvalue weighted by atomic mass is 10.3. The van der Waals surface area contributed by atoms with E-state index in [1.807, 2.05) is 5.32 Å². The third kappa shape index (κ3) is 5.64. The summed E-state index contributed by atoms with van der Waals surface area (Å²) >= 11 is 0. The first kappa shape index (κ1) is 13.7. The van der Waals surface area contributed by atoms with Crippen molar-refractivity contribution in [3.05, 3.63) is 18.7 Å². The molecule has 0 radical (unpaired) electrons. The number of nitrogens with zero attached hydrogens (tertiary/aromatic N) is 2. The molecule has 0 saturated carbocycles. The number of aromatic nitrogens is 2. The monoisotopic (exact) mass is 254 g/mol. The van der Waals surface area contributed by atoms with Gasteiger partial charge in [-0.2, -0.15) is 0 Å². The molecule has 1 rings (SSSR count). The summed E-state index contributed by atoms with van der Waals surface area (Å²) in [5.41, 5.74) is 0. The summed E-state index contributed by atoms with van der Waals surface area (Å²) in [7, 11) is 0. The standard InChI is InChI=1S/C10H14N4O4/c15-8(1-2-9(16)17)13-10(18)12-4-6-14-5-3-11-7-14/h3,5,7H,1-2,4,6H2,(H,16,17)(H2,12,13,15,18). The number of amides is 3. The van der Waals surface area contributed by atoms with Gasteiger partial charge < -0.3 is 15.0 Å². The van der Waals surface area contributed by atoms with Gasteiger partial charge in [0, 0.05) is 31.9 Å². The van der Waals surface area contributed by atoms with Gasteiger partial charge in [-0.1, -0.05) is 0 Å². The summed E-state index contributed by atoms with van der Waals surface area (Å²) in [5, 5.41) is 12.9. The molecule has 8 nitrogen and oxygen atoms in total. The van der Waals surface area contributed by atoms with E-state index < -0.39 is 17.9 Å². The molecule has 8 heteroatoms. The Morgan fingerprint density at radius 3 is 2.67 bits per heavy atom. The van der Waals surface area contributed by atoms with Gasteiger partial charge in [-0.25, -0.2) is 9.78 Å². The molecule has 0 aliphatic carbocycles. The summed E-state index contributed by atoms with van der Waals surface area (Å²) in [6.07, 6.45) is 4.46. The lowest BCUT2D eigenvalue weighted by Gasteiger charge is -2.06. The number of carboxylic acid groups (broad SMARTS) is 1. The number of imidazole rings is 1. The van der Waals surface area contributed by atoms with Gasteiger partial charge in [-0.05, 0) is 0 Å². The summed E-state index contributed by atoms with van der Waals surface area (Å²) in [6, 6.07) is -0.634. The van der Waals surface area contributed by atoms with Crippen molar-refractivity contribution in [2.24, 2.45) is 0 Å². The van der Waals surface area contributed by atoms with Crippen LogP contribution in [0.4, 0.5) is 4.79 Å². The maximum atomic E-state index is 11.2. The number of carbonyl (C=O) groups excluding carboxylic acids is 2. The first-order valence-electron chi connectivity index (χ1n) is 5.33. The minimum atomic E-state index is -1.08. The number of rotatable bonds is 6. The smallest absolute Gasteiger partial charge is 0.321 e. The SMILES string of the molecule is O=C(O)CCC(=O)NC(=O)NCCn1ccnc1. The van der Waals surface area contributed by atoms with Crippen LogP contribution >= 0.6 is 0 Å². The first-order chi connectivity index (χ1) is 8.58. The van der Waals surface area contributed by atoms with Gasteiger partial charge in [0.25, 0.3) is 0 Å². The van der Waals surface area contributed by atoms with Crippen molar-refractivity contribution in [1.29, 1.82) is 0 Å². The molecule has 0 unspecified atom stereocenters. The second-order valence-corrected chi connectivity index (χ2v) is 3.50. The van der Waals surface area contributed by atoms with E-state index in [1.54, 1.807) is 23.3 Å². The molecule has 3 amide bonds. The van der Waals surface area contributed by atoms with Gasteiger partial charge in [0.1, 0.15) is 0 Å². The number of aliphatic carboxylic acids is 1. The third-order valence-electron chi connectivity index (χ3n) is 2.03. The summed E-state index contributed by atoms with van der Waals surface area (Å²) in [4.78, 5) is 36.3. The van der Waals surface area contributed by atoms with Gasteiger partial charge in [-0.15, -0.1) is 0 Å². The fourth-order valence-corrected chi connectivity index (χ4v) is 1.17. The van der Waals surface area contributed by atoms with Crippen LogP contribution in [-0.2, 0) is 16.1 Å². The molecule has 1 heterocycles. The van der Waals surface area contributed by atoms with Crippen LogP contribution in [0.2, 0.25) is 0 Å². The van der Waals surface area contributed by atoms with Crippen LogP contribution < -0.4 is 10.6 Å². The summed E-state index contributed by atoms with van der Waals surface area (Å²) in [5.74, 6) is -1.69. The number of urea groups is 1. The summed E-state index contributed by atoms with van der Waals surface area (Å²) < 4.78 is 1.77. The molecular formula is C10H14N4O4. The molecule has 3 N–H and O–H groups in total. The Bertz CT molecular complexity index is 416. The molecule has 0 bridgehead atoms. The fraction of sp³-hybridized carbons (Fsp3) is 0.400. The van der Waals surface area contributed by atoms with Crippen LogP contribution in [0.5, 0.6) is 0 Å². The maximum absolute atomic E-state index is 11.2. The van der Waals surface area contributed by atoms with Crippen molar-refractivity contribution in [3.63, 3.8) is 0 Å². The first-order valence-corrected chi connectivity index (χ1v) is 5.33. The van der Waals surface area contributed by atoms with Crippen molar-refractivity contribution in [2.75, 3.05) is 6.54 Å². The number of hydrogen-bond donors (Lipinski definition) is 3. The largest absolute Gasteiger partial charge is 0.481 e. The number of hydrogen-bond acceptors (Lipinski definition) is 4. The Labute approximate surface area is 103 Å². The molecule has 1 aromatic rings. The quantitative estimate of drug-likeness (QED) is 0.637. The van der Waals surface area contributed by atoms with Crippen LogP contribution in [-0.4, -0.2) is 39.1 Å². The van der Waals surface area contributed by atoms with Crippen LogP contribution in [0.3, 0.4) is 0 Å². The number of imide groups is 1. The van der Waals surface area contributed by atoms with Crippen molar-refractivity contribution < 1.29 is 19.5 Å². The zero-order valence-corrected chi connectivity index (χ0v) is 9.63. The highest BCUT2D eigenvalue weighted by Crippen LogP contribution is 1.88. The van der Waals surface area contributed by atoms with Crippen molar-refractivity contribution in [3.8, 4) is 0 Å². The molecule has 98 valence electrons. The Kier molecular flexibility index (Phi) is 5.36. The number of carbonyl (C=O) groups is 3. The molecule has 1 aromatic heterocycles. The number of nitrogens with one attached hydrogen (secondary N) is 2.